The first-order valence-electron chi connectivity index (χ1n) is 11.0. The molecule has 1 N–H and O–H groups in total. The van der Waals surface area contributed by atoms with Gasteiger partial charge in [-0.05, 0) is 81.9 Å². The van der Waals surface area contributed by atoms with Gasteiger partial charge in [0, 0.05) is 6.07 Å². The second-order valence-electron chi connectivity index (χ2n) is 8.17. The van der Waals surface area contributed by atoms with Crippen molar-refractivity contribution < 1.29 is 4.74 Å². The number of ether oxygens (including phenoxy) is 1. The number of hydrogen-bond donors (Lipinski definition) is 1. The molecule has 1 fully saturated rings. The Bertz CT molecular complexity index is 991. The third-order valence-electron chi connectivity index (χ3n) is 5.64. The smallest absolute Gasteiger partial charge is 0.219 e. The lowest BCUT2D eigenvalue weighted by molar-refractivity contribution is 0.340. The fourth-order valence-corrected chi connectivity index (χ4v) is 4.12. The predicted octanol–water partition coefficient (Wildman–Crippen LogP) is 5.02. The second kappa shape index (κ2) is 9.39. The highest BCUT2D eigenvalue weighted by molar-refractivity contribution is 5.58. The van der Waals surface area contributed by atoms with Crippen LogP contribution in [0.4, 0.5) is 0 Å². The van der Waals surface area contributed by atoms with Crippen LogP contribution in [0, 0.1) is 13.8 Å². The molecule has 0 saturated carbocycles. The molecule has 0 unspecified atom stereocenters. The lowest BCUT2D eigenvalue weighted by Crippen LogP contribution is -2.30. The Balaban J connectivity index is 1.60. The highest BCUT2D eigenvalue weighted by atomic mass is 16.5. The topological polar surface area (TPSA) is 64.9 Å². The molecule has 3 aromatic rings. The van der Waals surface area contributed by atoms with Crippen molar-refractivity contribution in [3.8, 4) is 23.0 Å². The summed E-state index contributed by atoms with van der Waals surface area (Å²) in [5.41, 5.74) is 5.26. The van der Waals surface area contributed by atoms with Crippen molar-refractivity contribution in [1.82, 2.24) is 25.3 Å². The summed E-state index contributed by atoms with van der Waals surface area (Å²) in [6.07, 6.45) is 5.55. The predicted molar refractivity (Wildman–Crippen MR) is 119 cm³/mol. The summed E-state index contributed by atoms with van der Waals surface area (Å²) in [6, 6.07) is 12.7. The minimum absolute atomic E-state index is 0.353. The summed E-state index contributed by atoms with van der Waals surface area (Å²) in [5, 5.41) is 12.2. The van der Waals surface area contributed by atoms with E-state index in [1.807, 2.05) is 25.1 Å². The Morgan fingerprint density at radius 2 is 1.97 bits per heavy atom. The minimum atomic E-state index is 0.353. The second-order valence-corrected chi connectivity index (χ2v) is 8.17. The van der Waals surface area contributed by atoms with E-state index in [9.17, 15) is 0 Å². The van der Waals surface area contributed by atoms with Crippen LogP contribution in [0.1, 0.15) is 55.5 Å². The molecule has 0 spiro atoms. The molecule has 158 valence electrons. The molecule has 1 saturated heterocycles. The molecule has 2 aromatic heterocycles. The number of benzene rings is 1. The van der Waals surface area contributed by atoms with Crippen LogP contribution < -0.4 is 10.1 Å². The van der Waals surface area contributed by atoms with Crippen molar-refractivity contribution in [3.05, 3.63) is 53.2 Å². The summed E-state index contributed by atoms with van der Waals surface area (Å²) in [5.74, 6) is 1.43. The lowest BCUT2D eigenvalue weighted by atomic mass is 10.1. The molecular formula is C24H31N5O. The number of nitrogens with zero attached hydrogens (tertiary/aromatic N) is 4. The number of rotatable bonds is 7. The lowest BCUT2D eigenvalue weighted by Gasteiger charge is -2.24. The molecule has 1 aliphatic rings. The summed E-state index contributed by atoms with van der Waals surface area (Å²) < 4.78 is 8.23. The first-order valence-corrected chi connectivity index (χ1v) is 11.0. The molecule has 1 aromatic carbocycles. The van der Waals surface area contributed by atoms with E-state index < -0.39 is 0 Å². The van der Waals surface area contributed by atoms with E-state index in [1.54, 1.807) is 0 Å². The number of aromatic nitrogens is 4. The highest BCUT2D eigenvalue weighted by Crippen LogP contribution is 2.30. The van der Waals surface area contributed by atoms with E-state index in [2.05, 4.69) is 52.4 Å². The Hall–Kier alpha value is -2.73. The van der Waals surface area contributed by atoms with Gasteiger partial charge in [0.2, 0.25) is 5.88 Å². The zero-order valence-corrected chi connectivity index (χ0v) is 18.2. The maximum Gasteiger partial charge on any atom is 0.219 e. The average molecular weight is 406 g/mol. The molecule has 6 heteroatoms. The van der Waals surface area contributed by atoms with Gasteiger partial charge in [0.05, 0.1) is 17.4 Å². The summed E-state index contributed by atoms with van der Waals surface area (Å²) >= 11 is 0. The SMILES string of the molecule is CCCCc1cc(C)cc(Oc2cccc(-c3c(C)nnn3C3CCNCC3)n2)c1. The highest BCUT2D eigenvalue weighted by Gasteiger charge is 2.22. The molecule has 0 aliphatic carbocycles. The van der Waals surface area contributed by atoms with Crippen molar-refractivity contribution in [3.63, 3.8) is 0 Å². The molecule has 4 rings (SSSR count). The van der Waals surface area contributed by atoms with Crippen molar-refractivity contribution in [2.75, 3.05) is 13.1 Å². The summed E-state index contributed by atoms with van der Waals surface area (Å²) in [4.78, 5) is 4.81. The quantitative estimate of drug-likeness (QED) is 0.598. The molecule has 0 amide bonds. The van der Waals surface area contributed by atoms with Gasteiger partial charge in [0.1, 0.15) is 11.4 Å². The fraction of sp³-hybridized carbons (Fsp3) is 0.458. The van der Waals surface area contributed by atoms with Gasteiger partial charge >= 0.3 is 0 Å². The van der Waals surface area contributed by atoms with Gasteiger partial charge in [0.15, 0.2) is 0 Å². The Morgan fingerprint density at radius 3 is 2.77 bits per heavy atom. The van der Waals surface area contributed by atoms with Gasteiger partial charge in [-0.3, -0.25) is 0 Å². The van der Waals surface area contributed by atoms with Crippen LogP contribution in [0.2, 0.25) is 0 Å². The molecule has 0 radical (unpaired) electrons. The molecule has 30 heavy (non-hydrogen) atoms. The fourth-order valence-electron chi connectivity index (χ4n) is 4.12. The van der Waals surface area contributed by atoms with Crippen LogP contribution in [0.5, 0.6) is 11.6 Å². The standard InChI is InChI=1S/C24H31N5O/c1-4-5-7-19-14-17(2)15-21(16-19)30-23-9-6-8-22(26-23)24-18(3)27-28-29(24)20-10-12-25-13-11-20/h6,8-9,14-16,20,25H,4-5,7,10-13H2,1-3H3. The van der Waals surface area contributed by atoms with Crippen LogP contribution in [0.15, 0.2) is 36.4 Å². The third kappa shape index (κ3) is 4.70. The minimum Gasteiger partial charge on any atom is -0.439 e. The van der Waals surface area contributed by atoms with Gasteiger partial charge in [-0.2, -0.15) is 0 Å². The first-order chi connectivity index (χ1) is 14.6. The van der Waals surface area contributed by atoms with Gasteiger partial charge in [-0.25, -0.2) is 9.67 Å². The zero-order valence-electron chi connectivity index (χ0n) is 18.2. The number of hydrogen-bond acceptors (Lipinski definition) is 5. The number of pyridine rings is 1. The van der Waals surface area contributed by atoms with E-state index in [1.165, 1.54) is 24.0 Å². The van der Waals surface area contributed by atoms with Crippen LogP contribution in [-0.4, -0.2) is 33.1 Å². The number of aryl methyl sites for hydroxylation is 3. The molecule has 0 bridgehead atoms. The number of unbranched alkanes of at least 4 members (excludes halogenated alkanes) is 1. The van der Waals surface area contributed by atoms with E-state index in [4.69, 9.17) is 9.72 Å². The number of piperidine rings is 1. The monoisotopic (exact) mass is 405 g/mol. The van der Waals surface area contributed by atoms with Crippen LogP contribution in [-0.2, 0) is 6.42 Å². The van der Waals surface area contributed by atoms with Crippen LogP contribution in [0.25, 0.3) is 11.4 Å². The van der Waals surface area contributed by atoms with E-state index in [0.717, 1.165) is 55.2 Å². The molecule has 1 aliphatic heterocycles. The largest absolute Gasteiger partial charge is 0.439 e. The molecule has 3 heterocycles. The molecule has 6 nitrogen and oxygen atoms in total. The summed E-state index contributed by atoms with van der Waals surface area (Å²) in [6.45, 7) is 8.34. The van der Waals surface area contributed by atoms with Crippen LogP contribution >= 0.6 is 0 Å². The van der Waals surface area contributed by atoms with Crippen molar-refractivity contribution >= 4 is 0 Å². The summed E-state index contributed by atoms with van der Waals surface area (Å²) in [7, 11) is 0. The Morgan fingerprint density at radius 1 is 1.13 bits per heavy atom. The van der Waals surface area contributed by atoms with E-state index in [-0.39, 0.29) is 0 Å². The number of nitrogens with one attached hydrogen (secondary N) is 1. The molecule has 0 atom stereocenters. The maximum atomic E-state index is 6.17. The van der Waals surface area contributed by atoms with Crippen molar-refractivity contribution in [2.45, 2.75) is 58.9 Å². The average Bonchev–Trinajstić information content (AvgIpc) is 3.14. The van der Waals surface area contributed by atoms with Gasteiger partial charge in [0.25, 0.3) is 0 Å². The zero-order chi connectivity index (χ0) is 20.9. The molecular weight excluding hydrogens is 374 g/mol. The van der Waals surface area contributed by atoms with E-state index in [0.29, 0.717) is 11.9 Å². The van der Waals surface area contributed by atoms with Crippen molar-refractivity contribution in [2.24, 2.45) is 0 Å². The third-order valence-corrected chi connectivity index (χ3v) is 5.64. The van der Waals surface area contributed by atoms with Crippen molar-refractivity contribution in [1.29, 1.82) is 0 Å². The van der Waals surface area contributed by atoms with Crippen LogP contribution in [0.3, 0.4) is 0 Å². The van der Waals surface area contributed by atoms with Gasteiger partial charge in [-0.15, -0.1) is 5.10 Å². The van der Waals surface area contributed by atoms with E-state index >= 15 is 0 Å². The normalized spacial score (nSPS) is 14.8. The Kier molecular flexibility index (Phi) is 6.43. The first kappa shape index (κ1) is 20.5. The Labute approximate surface area is 178 Å². The van der Waals surface area contributed by atoms with Gasteiger partial charge in [-0.1, -0.05) is 30.7 Å². The van der Waals surface area contributed by atoms with Gasteiger partial charge < -0.3 is 10.1 Å². The maximum absolute atomic E-state index is 6.17.